The van der Waals surface area contributed by atoms with Gasteiger partial charge in [-0.05, 0) is 24.8 Å². The molecule has 154 valence electrons. The lowest BCUT2D eigenvalue weighted by molar-refractivity contribution is -0.113. The topological polar surface area (TPSA) is 103 Å². The Morgan fingerprint density at radius 3 is 2.80 bits per heavy atom. The molecular weight excluding hydrogens is 418 g/mol. The number of fused-ring (bicyclic) bond motifs is 1. The quantitative estimate of drug-likeness (QED) is 0.413. The van der Waals surface area contributed by atoms with Crippen LogP contribution in [0.3, 0.4) is 0 Å². The number of aryl methyl sites for hydroxylation is 1. The van der Waals surface area contributed by atoms with Gasteiger partial charge in [0.15, 0.2) is 11.0 Å². The minimum atomic E-state index is -0.490. The van der Waals surface area contributed by atoms with Gasteiger partial charge in [0.1, 0.15) is 5.00 Å². The highest BCUT2D eigenvalue weighted by Crippen LogP contribution is 2.39. The number of thiophene rings is 1. The second-order valence-corrected chi connectivity index (χ2v) is 8.88. The largest absolute Gasteiger partial charge is 0.365 e. The number of carbonyl (C=O) groups excluding carboxylic acids is 2. The second-order valence-electron chi connectivity index (χ2n) is 6.83. The molecule has 0 spiro atoms. The van der Waals surface area contributed by atoms with Crippen molar-refractivity contribution in [1.82, 2.24) is 14.8 Å². The fraction of sp³-hybridized carbons (Fsp3) is 0.238. The highest BCUT2D eigenvalue weighted by atomic mass is 32.2. The summed E-state index contributed by atoms with van der Waals surface area (Å²) in [5.41, 5.74) is 7.97. The smallest absolute Gasteiger partial charge is 0.251 e. The van der Waals surface area contributed by atoms with Crippen molar-refractivity contribution < 1.29 is 9.59 Å². The van der Waals surface area contributed by atoms with Crippen LogP contribution in [-0.2, 0) is 24.2 Å². The minimum absolute atomic E-state index is 0.144. The Balaban J connectivity index is 1.48. The second kappa shape index (κ2) is 8.85. The maximum atomic E-state index is 12.6. The Labute approximate surface area is 182 Å². The van der Waals surface area contributed by atoms with E-state index in [-0.39, 0.29) is 11.7 Å². The van der Waals surface area contributed by atoms with Crippen LogP contribution >= 0.6 is 23.1 Å². The number of benzene rings is 1. The third-order valence-corrected chi connectivity index (χ3v) is 6.99. The molecule has 1 aromatic carbocycles. The molecule has 0 saturated heterocycles. The molecule has 2 heterocycles. The summed E-state index contributed by atoms with van der Waals surface area (Å²) in [5.74, 6) is 0.168. The number of nitrogens with zero attached hydrogens (tertiary/aromatic N) is 3. The number of rotatable bonds is 8. The number of amides is 2. The molecule has 4 rings (SSSR count). The summed E-state index contributed by atoms with van der Waals surface area (Å²) in [6, 6.07) is 9.76. The average Bonchev–Trinajstić information content (AvgIpc) is 3.42. The van der Waals surface area contributed by atoms with Crippen LogP contribution in [-0.4, -0.2) is 32.3 Å². The van der Waals surface area contributed by atoms with E-state index < -0.39 is 5.91 Å². The van der Waals surface area contributed by atoms with Crippen molar-refractivity contribution in [2.45, 2.75) is 31.0 Å². The van der Waals surface area contributed by atoms with Crippen molar-refractivity contribution in [3.63, 3.8) is 0 Å². The number of anilines is 1. The first-order valence-electron chi connectivity index (χ1n) is 9.55. The molecule has 3 aromatic rings. The zero-order valence-corrected chi connectivity index (χ0v) is 17.9. The summed E-state index contributed by atoms with van der Waals surface area (Å²) in [6.07, 6.45) is 4.56. The molecule has 0 atom stereocenters. The third-order valence-electron chi connectivity index (χ3n) is 4.81. The maximum Gasteiger partial charge on any atom is 0.251 e. The number of primary amides is 1. The first-order valence-corrected chi connectivity index (χ1v) is 11.3. The Kier molecular flexibility index (Phi) is 6.01. The summed E-state index contributed by atoms with van der Waals surface area (Å²) in [5, 5.41) is 12.6. The molecule has 2 amide bonds. The van der Waals surface area contributed by atoms with E-state index in [1.54, 1.807) is 6.08 Å². The molecule has 3 N–H and O–H groups in total. The average molecular weight is 440 g/mol. The van der Waals surface area contributed by atoms with Crippen LogP contribution in [0.15, 0.2) is 48.1 Å². The van der Waals surface area contributed by atoms with Gasteiger partial charge in [0, 0.05) is 17.0 Å². The lowest BCUT2D eigenvalue weighted by atomic mass is 10.1. The van der Waals surface area contributed by atoms with Crippen molar-refractivity contribution in [3.8, 4) is 11.4 Å². The molecule has 0 radical (unpaired) electrons. The number of thioether (sulfide) groups is 1. The number of nitrogens with one attached hydrogen (secondary N) is 1. The monoisotopic (exact) mass is 439 g/mol. The molecule has 0 saturated carbocycles. The molecule has 0 unspecified atom stereocenters. The van der Waals surface area contributed by atoms with Gasteiger partial charge in [-0.2, -0.15) is 0 Å². The number of allylic oxidation sites excluding steroid dienone is 1. The predicted molar refractivity (Wildman–Crippen MR) is 120 cm³/mol. The van der Waals surface area contributed by atoms with Crippen molar-refractivity contribution in [3.05, 3.63) is 59.0 Å². The van der Waals surface area contributed by atoms with Crippen molar-refractivity contribution >= 4 is 39.9 Å². The molecule has 9 heteroatoms. The summed E-state index contributed by atoms with van der Waals surface area (Å²) >= 11 is 2.74. The molecule has 7 nitrogen and oxygen atoms in total. The lowest BCUT2D eigenvalue weighted by Gasteiger charge is -2.08. The fourth-order valence-electron chi connectivity index (χ4n) is 3.54. The van der Waals surface area contributed by atoms with Gasteiger partial charge in [-0.15, -0.1) is 28.1 Å². The number of hydrogen-bond acceptors (Lipinski definition) is 6. The van der Waals surface area contributed by atoms with E-state index in [9.17, 15) is 9.59 Å². The molecule has 1 aliphatic carbocycles. The van der Waals surface area contributed by atoms with Gasteiger partial charge in [-0.25, -0.2) is 0 Å². The Hall–Kier alpha value is -2.91. The van der Waals surface area contributed by atoms with Crippen LogP contribution in [0.25, 0.3) is 11.4 Å². The Bertz CT molecular complexity index is 1100. The predicted octanol–water partition coefficient (Wildman–Crippen LogP) is 3.51. The highest BCUT2D eigenvalue weighted by Gasteiger charge is 2.26. The van der Waals surface area contributed by atoms with Gasteiger partial charge >= 0.3 is 0 Å². The molecule has 2 aromatic heterocycles. The molecule has 0 fully saturated rings. The van der Waals surface area contributed by atoms with E-state index in [1.165, 1.54) is 23.1 Å². The minimum Gasteiger partial charge on any atom is -0.365 e. The van der Waals surface area contributed by atoms with Gasteiger partial charge in [0.25, 0.3) is 5.91 Å². The Morgan fingerprint density at radius 1 is 1.27 bits per heavy atom. The summed E-state index contributed by atoms with van der Waals surface area (Å²) in [7, 11) is 0. The van der Waals surface area contributed by atoms with Crippen LogP contribution in [0, 0.1) is 0 Å². The summed E-state index contributed by atoms with van der Waals surface area (Å²) in [4.78, 5) is 25.6. The lowest BCUT2D eigenvalue weighted by Crippen LogP contribution is -2.19. The van der Waals surface area contributed by atoms with Crippen LogP contribution < -0.4 is 11.1 Å². The normalized spacial score (nSPS) is 12.5. The van der Waals surface area contributed by atoms with Gasteiger partial charge in [0.2, 0.25) is 5.91 Å². The fourth-order valence-corrected chi connectivity index (χ4v) is 5.59. The molecular formula is C21H21N5O2S2. The molecule has 1 aliphatic rings. The number of hydrogen-bond donors (Lipinski definition) is 2. The van der Waals surface area contributed by atoms with Crippen molar-refractivity contribution in [2.75, 3.05) is 11.1 Å². The van der Waals surface area contributed by atoms with Gasteiger partial charge < -0.3 is 11.1 Å². The molecule has 30 heavy (non-hydrogen) atoms. The first kappa shape index (κ1) is 20.4. The van der Waals surface area contributed by atoms with Gasteiger partial charge in [-0.3, -0.25) is 14.2 Å². The zero-order chi connectivity index (χ0) is 21.1. The summed E-state index contributed by atoms with van der Waals surface area (Å²) in [6.45, 7) is 4.34. The van der Waals surface area contributed by atoms with E-state index in [0.29, 0.717) is 22.3 Å². The SMILES string of the molecule is C=CCn1c(SCC(=O)Nc2sc3c(c2C(N)=O)CCC3)nnc1-c1ccccc1. The molecule has 0 aliphatic heterocycles. The van der Waals surface area contributed by atoms with E-state index in [4.69, 9.17) is 5.73 Å². The number of carbonyl (C=O) groups is 2. The molecule has 0 bridgehead atoms. The standard InChI is InChI=1S/C21H21N5O2S2/c1-2-11-26-19(13-7-4-3-5-8-13)24-25-21(26)29-12-16(27)23-20-17(18(22)28)14-9-6-10-15(14)30-20/h2-5,7-8H,1,6,9-12H2,(H2,22,28)(H,23,27). The van der Waals surface area contributed by atoms with Crippen LogP contribution in [0.2, 0.25) is 0 Å². The van der Waals surface area contributed by atoms with Gasteiger partial charge in [0.05, 0.1) is 11.3 Å². The van der Waals surface area contributed by atoms with Gasteiger partial charge in [-0.1, -0.05) is 48.2 Å². The van der Waals surface area contributed by atoms with Crippen molar-refractivity contribution in [1.29, 1.82) is 0 Å². The summed E-state index contributed by atoms with van der Waals surface area (Å²) < 4.78 is 1.93. The first-order chi connectivity index (χ1) is 14.6. The van der Waals surface area contributed by atoms with E-state index >= 15 is 0 Å². The number of aromatic nitrogens is 3. The highest BCUT2D eigenvalue weighted by molar-refractivity contribution is 7.99. The van der Waals surface area contributed by atoms with Crippen LogP contribution in [0.1, 0.15) is 27.2 Å². The third kappa shape index (κ3) is 4.03. The van der Waals surface area contributed by atoms with Crippen LogP contribution in [0.5, 0.6) is 0 Å². The van der Waals surface area contributed by atoms with E-state index in [0.717, 1.165) is 41.1 Å². The maximum absolute atomic E-state index is 12.6. The van der Waals surface area contributed by atoms with E-state index in [1.807, 2.05) is 34.9 Å². The zero-order valence-electron chi connectivity index (χ0n) is 16.3. The number of nitrogens with two attached hydrogens (primary N) is 1. The Morgan fingerprint density at radius 2 is 2.07 bits per heavy atom. The van der Waals surface area contributed by atoms with E-state index in [2.05, 4.69) is 22.1 Å². The van der Waals surface area contributed by atoms with Crippen molar-refractivity contribution in [2.24, 2.45) is 5.73 Å². The van der Waals surface area contributed by atoms with Crippen LogP contribution in [0.4, 0.5) is 5.00 Å².